The van der Waals surface area contributed by atoms with Crippen molar-refractivity contribution in [2.24, 2.45) is 0 Å². The molecule has 0 radical (unpaired) electrons. The molecule has 0 aliphatic heterocycles. The van der Waals surface area contributed by atoms with Crippen molar-refractivity contribution in [3.05, 3.63) is 29.3 Å². The number of H-pyrrole nitrogens is 1. The molecule has 1 saturated carbocycles. The number of amides is 1. The summed E-state index contributed by atoms with van der Waals surface area (Å²) in [7, 11) is -3.22. The molecular weight excluding hydrogens is 364 g/mol. The van der Waals surface area contributed by atoms with Crippen molar-refractivity contribution in [3.63, 3.8) is 0 Å². The molecule has 1 aromatic carbocycles. The van der Waals surface area contributed by atoms with Crippen molar-refractivity contribution >= 4 is 33.3 Å². The van der Waals surface area contributed by atoms with E-state index in [1.807, 2.05) is 6.07 Å². The number of aromatic nitrogens is 3. The number of hydrogen-bond donors (Lipinski definition) is 2. The molecule has 25 heavy (non-hydrogen) atoms. The Labute approximate surface area is 151 Å². The molecule has 1 fully saturated rings. The van der Waals surface area contributed by atoms with E-state index in [-0.39, 0.29) is 23.4 Å². The molecule has 1 heterocycles. The number of anilines is 1. The van der Waals surface area contributed by atoms with E-state index in [0.29, 0.717) is 29.3 Å². The maximum Gasteiger partial charge on any atom is 0.249 e. The number of carbonyl (C=O) groups is 1. The second-order valence-electron chi connectivity index (χ2n) is 6.06. The second-order valence-corrected chi connectivity index (χ2v) is 8.87. The van der Waals surface area contributed by atoms with Crippen LogP contribution in [-0.4, -0.2) is 40.5 Å². The summed E-state index contributed by atoms with van der Waals surface area (Å²) in [6.07, 6.45) is 3.18. The number of nitrogens with zero attached hydrogens (tertiary/aromatic N) is 2. The Morgan fingerprint density at radius 3 is 2.72 bits per heavy atom. The van der Waals surface area contributed by atoms with Crippen LogP contribution in [0.15, 0.2) is 24.3 Å². The largest absolute Gasteiger partial charge is 0.293 e. The molecule has 7 nitrogen and oxygen atoms in total. The Hall–Kier alpha value is -1.93. The molecule has 3 rings (SSSR count). The molecule has 1 amide bonds. The Morgan fingerprint density at radius 1 is 1.28 bits per heavy atom. The minimum Gasteiger partial charge on any atom is -0.293 e. The van der Waals surface area contributed by atoms with Crippen LogP contribution in [0.4, 0.5) is 5.95 Å². The number of sulfone groups is 1. The Morgan fingerprint density at radius 2 is 2.00 bits per heavy atom. The van der Waals surface area contributed by atoms with Crippen LogP contribution >= 0.6 is 11.6 Å². The summed E-state index contributed by atoms with van der Waals surface area (Å²) in [6.45, 7) is 0. The van der Waals surface area contributed by atoms with E-state index >= 15 is 0 Å². The molecule has 1 aromatic heterocycles. The molecule has 134 valence electrons. The van der Waals surface area contributed by atoms with Gasteiger partial charge < -0.3 is 0 Å². The third-order valence-corrected chi connectivity index (χ3v) is 6.88. The van der Waals surface area contributed by atoms with E-state index in [1.54, 1.807) is 18.2 Å². The van der Waals surface area contributed by atoms with Crippen LogP contribution in [-0.2, 0) is 14.6 Å². The lowest BCUT2D eigenvalue weighted by atomic mass is 10.2. The van der Waals surface area contributed by atoms with E-state index in [2.05, 4.69) is 20.5 Å². The lowest BCUT2D eigenvalue weighted by Crippen LogP contribution is -2.24. The van der Waals surface area contributed by atoms with E-state index in [9.17, 15) is 13.2 Å². The molecule has 1 aliphatic carbocycles. The van der Waals surface area contributed by atoms with Gasteiger partial charge in [-0.05, 0) is 25.0 Å². The zero-order valence-electron chi connectivity index (χ0n) is 13.5. The SMILES string of the molecule is O=C(CCS(=O)(=O)C1CCCC1)Nc1n[nH]c(-c2ccccc2Cl)n1. The predicted octanol–water partition coefficient (Wildman–Crippen LogP) is 2.81. The first kappa shape index (κ1) is 17.9. The first-order valence-electron chi connectivity index (χ1n) is 8.14. The van der Waals surface area contributed by atoms with Gasteiger partial charge in [0.05, 0.1) is 16.0 Å². The van der Waals surface area contributed by atoms with Crippen molar-refractivity contribution in [1.82, 2.24) is 15.2 Å². The fourth-order valence-corrected chi connectivity index (χ4v) is 5.01. The minimum absolute atomic E-state index is 0.0955. The lowest BCUT2D eigenvalue weighted by Gasteiger charge is -2.10. The smallest absolute Gasteiger partial charge is 0.249 e. The van der Waals surface area contributed by atoms with Crippen LogP contribution < -0.4 is 5.32 Å². The van der Waals surface area contributed by atoms with E-state index in [1.165, 1.54) is 0 Å². The van der Waals surface area contributed by atoms with Crippen LogP contribution in [0.1, 0.15) is 32.1 Å². The highest BCUT2D eigenvalue weighted by Crippen LogP contribution is 2.26. The van der Waals surface area contributed by atoms with E-state index in [4.69, 9.17) is 11.6 Å². The average Bonchev–Trinajstić information content (AvgIpc) is 3.25. The molecule has 2 N–H and O–H groups in total. The first-order valence-corrected chi connectivity index (χ1v) is 10.2. The number of carbonyl (C=O) groups excluding carboxylic acids is 1. The van der Waals surface area contributed by atoms with Gasteiger partial charge in [-0.25, -0.2) is 8.42 Å². The van der Waals surface area contributed by atoms with Crippen molar-refractivity contribution in [2.45, 2.75) is 37.4 Å². The number of nitrogens with one attached hydrogen (secondary N) is 2. The van der Waals surface area contributed by atoms with Gasteiger partial charge in [-0.15, -0.1) is 5.10 Å². The van der Waals surface area contributed by atoms with Crippen LogP contribution in [0.2, 0.25) is 5.02 Å². The van der Waals surface area contributed by atoms with Crippen LogP contribution in [0, 0.1) is 0 Å². The topological polar surface area (TPSA) is 105 Å². The third-order valence-electron chi connectivity index (χ3n) is 4.29. The van der Waals surface area contributed by atoms with Crippen molar-refractivity contribution in [2.75, 3.05) is 11.1 Å². The molecular formula is C16H19ClN4O3S. The van der Waals surface area contributed by atoms with Gasteiger partial charge in [-0.1, -0.05) is 36.6 Å². The van der Waals surface area contributed by atoms with Crippen LogP contribution in [0.3, 0.4) is 0 Å². The van der Waals surface area contributed by atoms with Gasteiger partial charge in [0, 0.05) is 12.0 Å². The highest BCUT2D eigenvalue weighted by Gasteiger charge is 2.29. The van der Waals surface area contributed by atoms with Crippen molar-refractivity contribution in [1.29, 1.82) is 0 Å². The lowest BCUT2D eigenvalue weighted by molar-refractivity contribution is -0.115. The van der Waals surface area contributed by atoms with Crippen LogP contribution in [0.5, 0.6) is 0 Å². The van der Waals surface area contributed by atoms with Crippen molar-refractivity contribution in [3.8, 4) is 11.4 Å². The number of benzene rings is 1. The zero-order valence-corrected chi connectivity index (χ0v) is 15.1. The fourth-order valence-electron chi connectivity index (χ4n) is 2.93. The fraction of sp³-hybridized carbons (Fsp3) is 0.438. The maximum atomic E-state index is 12.2. The Kier molecular flexibility index (Phi) is 5.39. The van der Waals surface area contributed by atoms with Gasteiger partial charge in [0.15, 0.2) is 15.7 Å². The average molecular weight is 383 g/mol. The van der Waals surface area contributed by atoms with Gasteiger partial charge in [0.1, 0.15) is 0 Å². The van der Waals surface area contributed by atoms with Crippen LogP contribution in [0.25, 0.3) is 11.4 Å². The summed E-state index contributed by atoms with van der Waals surface area (Å²) in [5.41, 5.74) is 0.668. The maximum absolute atomic E-state index is 12.2. The predicted molar refractivity (Wildman–Crippen MR) is 96.1 cm³/mol. The third kappa shape index (κ3) is 4.38. The molecule has 2 aromatic rings. The molecule has 0 bridgehead atoms. The minimum atomic E-state index is -3.22. The highest BCUT2D eigenvalue weighted by molar-refractivity contribution is 7.92. The summed E-state index contributed by atoms with van der Waals surface area (Å²) < 4.78 is 24.4. The van der Waals surface area contributed by atoms with Gasteiger partial charge >= 0.3 is 0 Å². The Bertz CT molecular complexity index is 860. The molecule has 1 aliphatic rings. The van der Waals surface area contributed by atoms with Gasteiger partial charge in [-0.3, -0.25) is 15.2 Å². The van der Waals surface area contributed by atoms with E-state index < -0.39 is 15.7 Å². The normalized spacial score (nSPS) is 15.4. The summed E-state index contributed by atoms with van der Waals surface area (Å²) in [6, 6.07) is 7.12. The number of halogens is 1. The summed E-state index contributed by atoms with van der Waals surface area (Å²) in [4.78, 5) is 16.2. The number of hydrogen-bond acceptors (Lipinski definition) is 5. The van der Waals surface area contributed by atoms with Gasteiger partial charge in [-0.2, -0.15) is 4.98 Å². The van der Waals surface area contributed by atoms with Gasteiger partial charge in [0.25, 0.3) is 0 Å². The molecule has 9 heteroatoms. The second kappa shape index (κ2) is 7.53. The monoisotopic (exact) mass is 382 g/mol. The quantitative estimate of drug-likeness (QED) is 0.799. The van der Waals surface area contributed by atoms with Crippen molar-refractivity contribution < 1.29 is 13.2 Å². The molecule has 0 unspecified atom stereocenters. The standard InChI is InChI=1S/C16H19ClN4O3S/c17-13-8-4-3-7-12(13)15-19-16(21-20-15)18-14(22)9-10-25(23,24)11-5-1-2-6-11/h3-4,7-8,11H,1-2,5-6,9-10H2,(H2,18,19,20,21,22). The molecule has 0 spiro atoms. The first-order chi connectivity index (χ1) is 12.0. The zero-order chi connectivity index (χ0) is 17.9. The molecule has 0 atom stereocenters. The summed E-state index contributed by atoms with van der Waals surface area (Å²) in [5, 5.41) is 9.36. The molecule has 0 saturated heterocycles. The number of aromatic amines is 1. The summed E-state index contributed by atoms with van der Waals surface area (Å²) in [5.74, 6) is -0.0467. The summed E-state index contributed by atoms with van der Waals surface area (Å²) >= 11 is 6.09. The highest BCUT2D eigenvalue weighted by atomic mass is 35.5. The Balaban J connectivity index is 1.58. The van der Waals surface area contributed by atoms with E-state index in [0.717, 1.165) is 12.8 Å². The van der Waals surface area contributed by atoms with Gasteiger partial charge in [0.2, 0.25) is 11.9 Å². The number of rotatable bonds is 6.